The molecule has 0 amide bonds. The van der Waals surface area contributed by atoms with Gasteiger partial charge in [-0.3, -0.25) is 0 Å². The van der Waals surface area contributed by atoms with Crippen LogP contribution in [0.5, 0.6) is 0 Å². The fraction of sp³-hybridized carbons (Fsp3) is 0.478. The lowest BCUT2D eigenvalue weighted by Gasteiger charge is -2.35. The minimum absolute atomic E-state index is 0.366. The number of fused-ring (bicyclic) bond motifs is 3. The summed E-state index contributed by atoms with van der Waals surface area (Å²) in [6, 6.07) is 8.73. The van der Waals surface area contributed by atoms with E-state index >= 15 is 0 Å². The van der Waals surface area contributed by atoms with Gasteiger partial charge in [-0.15, -0.1) is 11.3 Å². The van der Waals surface area contributed by atoms with Gasteiger partial charge in [0.2, 0.25) is 10.0 Å². The van der Waals surface area contributed by atoms with Crippen molar-refractivity contribution < 1.29 is 8.42 Å². The molecule has 3 heterocycles. The number of anilines is 1. The predicted octanol–water partition coefficient (Wildman–Crippen LogP) is 4.03. The molecule has 8 heteroatoms. The molecule has 1 aliphatic carbocycles. The Morgan fingerprint density at radius 1 is 1.00 bits per heavy atom. The summed E-state index contributed by atoms with van der Waals surface area (Å²) < 4.78 is 27.6. The van der Waals surface area contributed by atoms with Crippen LogP contribution in [0.25, 0.3) is 10.2 Å². The average molecular weight is 457 g/mol. The van der Waals surface area contributed by atoms with Gasteiger partial charge in [-0.1, -0.05) is 25.1 Å². The van der Waals surface area contributed by atoms with Crippen molar-refractivity contribution in [2.75, 3.05) is 31.1 Å². The van der Waals surface area contributed by atoms with E-state index in [0.717, 1.165) is 42.2 Å². The molecule has 0 bridgehead atoms. The van der Waals surface area contributed by atoms with Gasteiger partial charge in [-0.25, -0.2) is 18.4 Å². The molecule has 0 unspecified atom stereocenters. The number of rotatable bonds is 5. The smallest absolute Gasteiger partial charge is 0.243 e. The molecule has 1 aliphatic heterocycles. The van der Waals surface area contributed by atoms with Crippen LogP contribution in [0.4, 0.5) is 5.82 Å². The highest BCUT2D eigenvalue weighted by molar-refractivity contribution is 7.89. The fourth-order valence-electron chi connectivity index (χ4n) is 4.63. The standard InChI is InChI=1S/C23H28N4O2S2/c1-2-8-20-24-22(21-18-11-6-7-12-19(18)30-23(21)25-20)26-13-15-27(16-14-26)31(28,29)17-9-4-3-5-10-17/h3-5,9-10H,2,6-8,11-16H2,1H3. The van der Waals surface area contributed by atoms with Crippen molar-refractivity contribution >= 4 is 37.4 Å². The highest BCUT2D eigenvalue weighted by Gasteiger charge is 2.31. The Bertz CT molecular complexity index is 1180. The molecule has 0 N–H and O–H groups in total. The van der Waals surface area contributed by atoms with Crippen molar-refractivity contribution in [2.45, 2.75) is 50.3 Å². The lowest BCUT2D eigenvalue weighted by Crippen LogP contribution is -2.49. The van der Waals surface area contributed by atoms with Crippen LogP contribution < -0.4 is 4.90 Å². The molecule has 0 spiro atoms. The predicted molar refractivity (Wildman–Crippen MR) is 125 cm³/mol. The zero-order chi connectivity index (χ0) is 21.4. The monoisotopic (exact) mass is 456 g/mol. The van der Waals surface area contributed by atoms with E-state index in [4.69, 9.17) is 9.97 Å². The summed E-state index contributed by atoms with van der Waals surface area (Å²) in [6.07, 6.45) is 6.59. The topological polar surface area (TPSA) is 66.4 Å². The molecule has 0 atom stereocenters. The van der Waals surface area contributed by atoms with Crippen LogP contribution in [0.15, 0.2) is 35.2 Å². The Balaban J connectivity index is 1.46. The average Bonchev–Trinajstić information content (AvgIpc) is 3.18. The summed E-state index contributed by atoms with van der Waals surface area (Å²) in [7, 11) is -3.45. The van der Waals surface area contributed by atoms with E-state index in [0.29, 0.717) is 31.1 Å². The van der Waals surface area contributed by atoms with Gasteiger partial charge in [0.05, 0.1) is 10.3 Å². The van der Waals surface area contributed by atoms with Crippen molar-refractivity contribution in [2.24, 2.45) is 0 Å². The Kier molecular flexibility index (Phi) is 5.71. The first kappa shape index (κ1) is 20.8. The van der Waals surface area contributed by atoms with Gasteiger partial charge < -0.3 is 4.90 Å². The maximum absolute atomic E-state index is 13.0. The van der Waals surface area contributed by atoms with Crippen LogP contribution >= 0.6 is 11.3 Å². The number of thiophene rings is 1. The second-order valence-corrected chi connectivity index (χ2v) is 11.3. The minimum Gasteiger partial charge on any atom is -0.353 e. The molecule has 3 aromatic rings. The molecule has 1 aromatic carbocycles. The zero-order valence-corrected chi connectivity index (χ0v) is 19.5. The third-order valence-corrected chi connectivity index (χ3v) is 9.33. The Morgan fingerprint density at radius 2 is 1.74 bits per heavy atom. The molecule has 0 radical (unpaired) electrons. The minimum atomic E-state index is -3.45. The second-order valence-electron chi connectivity index (χ2n) is 8.31. The number of aryl methyl sites for hydroxylation is 3. The first-order valence-electron chi connectivity index (χ1n) is 11.2. The van der Waals surface area contributed by atoms with Crippen LogP contribution in [-0.2, 0) is 29.3 Å². The molecule has 1 fully saturated rings. The van der Waals surface area contributed by atoms with Crippen molar-refractivity contribution in [3.8, 4) is 0 Å². The maximum Gasteiger partial charge on any atom is 0.243 e. The molecule has 31 heavy (non-hydrogen) atoms. The molecule has 6 nitrogen and oxygen atoms in total. The van der Waals surface area contributed by atoms with Crippen LogP contribution in [-0.4, -0.2) is 48.9 Å². The summed E-state index contributed by atoms with van der Waals surface area (Å²) in [5, 5.41) is 1.22. The molecule has 2 aliphatic rings. The van der Waals surface area contributed by atoms with E-state index in [9.17, 15) is 8.42 Å². The summed E-state index contributed by atoms with van der Waals surface area (Å²) >= 11 is 1.84. The maximum atomic E-state index is 13.0. The molecule has 0 saturated carbocycles. The zero-order valence-electron chi connectivity index (χ0n) is 17.9. The Labute approximate surface area is 188 Å². The molecule has 164 valence electrons. The Morgan fingerprint density at radius 3 is 2.48 bits per heavy atom. The van der Waals surface area contributed by atoms with Crippen LogP contribution in [0.1, 0.15) is 42.5 Å². The Hall–Kier alpha value is -2.03. The van der Waals surface area contributed by atoms with E-state index in [1.54, 1.807) is 28.6 Å². The van der Waals surface area contributed by atoms with Gasteiger partial charge in [-0.05, 0) is 49.8 Å². The highest BCUT2D eigenvalue weighted by atomic mass is 32.2. The quantitative estimate of drug-likeness (QED) is 0.580. The number of piperazine rings is 1. The highest BCUT2D eigenvalue weighted by Crippen LogP contribution is 2.40. The van der Waals surface area contributed by atoms with Crippen molar-refractivity contribution in [1.29, 1.82) is 0 Å². The van der Waals surface area contributed by atoms with Gasteiger partial charge in [0.1, 0.15) is 16.5 Å². The van der Waals surface area contributed by atoms with E-state index in [2.05, 4.69) is 11.8 Å². The van der Waals surface area contributed by atoms with Crippen molar-refractivity contribution in [3.05, 3.63) is 46.6 Å². The van der Waals surface area contributed by atoms with E-state index in [-0.39, 0.29) is 0 Å². The molecule has 1 saturated heterocycles. The lowest BCUT2D eigenvalue weighted by atomic mass is 9.97. The SMILES string of the molecule is CCCc1nc(N2CCN(S(=O)(=O)c3ccccc3)CC2)c2c3c(sc2n1)CCCC3. The van der Waals surface area contributed by atoms with Gasteiger partial charge in [0, 0.05) is 37.5 Å². The second kappa shape index (κ2) is 8.48. The van der Waals surface area contributed by atoms with E-state index in [1.165, 1.54) is 28.7 Å². The van der Waals surface area contributed by atoms with E-state index in [1.807, 2.05) is 17.4 Å². The third kappa shape index (κ3) is 3.85. The lowest BCUT2D eigenvalue weighted by molar-refractivity contribution is 0.384. The first-order valence-corrected chi connectivity index (χ1v) is 13.4. The number of hydrogen-bond acceptors (Lipinski definition) is 6. The normalized spacial score (nSPS) is 17.8. The third-order valence-electron chi connectivity index (χ3n) is 6.23. The van der Waals surface area contributed by atoms with Crippen LogP contribution in [0, 0.1) is 0 Å². The summed E-state index contributed by atoms with van der Waals surface area (Å²) in [5.41, 5.74) is 1.43. The summed E-state index contributed by atoms with van der Waals surface area (Å²) in [5.74, 6) is 1.92. The molecule has 2 aromatic heterocycles. The number of aromatic nitrogens is 2. The number of sulfonamides is 1. The number of hydrogen-bond donors (Lipinski definition) is 0. The van der Waals surface area contributed by atoms with Crippen molar-refractivity contribution in [3.63, 3.8) is 0 Å². The fourth-order valence-corrected chi connectivity index (χ4v) is 7.35. The number of benzene rings is 1. The molecular formula is C23H28N4O2S2. The molecule has 5 rings (SSSR count). The van der Waals surface area contributed by atoms with Crippen molar-refractivity contribution in [1.82, 2.24) is 14.3 Å². The van der Waals surface area contributed by atoms with Gasteiger partial charge >= 0.3 is 0 Å². The van der Waals surface area contributed by atoms with Gasteiger partial charge in [0.25, 0.3) is 0 Å². The van der Waals surface area contributed by atoms with Gasteiger partial charge in [0.15, 0.2) is 0 Å². The number of nitrogens with zero attached hydrogens (tertiary/aromatic N) is 4. The summed E-state index contributed by atoms with van der Waals surface area (Å²) in [4.78, 5) is 15.1. The molecular weight excluding hydrogens is 428 g/mol. The van der Waals surface area contributed by atoms with Crippen LogP contribution in [0.2, 0.25) is 0 Å². The van der Waals surface area contributed by atoms with Gasteiger partial charge in [-0.2, -0.15) is 4.31 Å². The van der Waals surface area contributed by atoms with Crippen LogP contribution in [0.3, 0.4) is 0 Å². The summed E-state index contributed by atoms with van der Waals surface area (Å²) in [6.45, 7) is 4.39. The van der Waals surface area contributed by atoms with E-state index < -0.39 is 10.0 Å². The first-order chi connectivity index (χ1) is 15.1. The largest absolute Gasteiger partial charge is 0.353 e.